The predicted molar refractivity (Wildman–Crippen MR) is 203 cm³/mol. The van der Waals surface area contributed by atoms with Gasteiger partial charge >= 0.3 is 12.1 Å². The zero-order valence-corrected chi connectivity index (χ0v) is 31.2. The minimum absolute atomic E-state index is 0.000197. The number of carbonyl (C=O) groups excluding carboxylic acids is 1. The lowest BCUT2D eigenvalue weighted by Gasteiger charge is -2.42. The summed E-state index contributed by atoms with van der Waals surface area (Å²) in [5, 5.41) is 22.6. The zero-order valence-electron chi connectivity index (χ0n) is 31.2. The first-order valence-electron chi connectivity index (χ1n) is 19.1. The van der Waals surface area contributed by atoms with Crippen LogP contribution in [0.15, 0.2) is 42.6 Å². The fourth-order valence-corrected chi connectivity index (χ4v) is 8.80. The molecule has 9 rings (SSSR count). The maximum absolute atomic E-state index is 17.1. The number of terminal acetylenes is 1. The minimum atomic E-state index is -0.801. The van der Waals surface area contributed by atoms with Crippen molar-refractivity contribution >= 4 is 33.6 Å². The van der Waals surface area contributed by atoms with Crippen LogP contribution in [0, 0.1) is 29.4 Å². The first kappa shape index (κ1) is 35.6. The van der Waals surface area contributed by atoms with E-state index in [1.165, 1.54) is 30.5 Å². The Morgan fingerprint density at radius 2 is 1.84 bits per heavy atom. The second-order valence-corrected chi connectivity index (χ2v) is 17.0. The maximum Gasteiger partial charge on any atom is 0.410 e. The van der Waals surface area contributed by atoms with Crippen molar-refractivity contribution in [3.63, 3.8) is 0 Å². The summed E-state index contributed by atoms with van der Waals surface area (Å²) >= 11 is 0. The molecule has 5 aliphatic rings. The molecule has 2 saturated heterocycles. The van der Waals surface area contributed by atoms with Crippen molar-refractivity contribution in [3.8, 4) is 35.4 Å². The van der Waals surface area contributed by atoms with E-state index in [2.05, 4.69) is 32.9 Å². The average molecular weight is 751 g/mol. The van der Waals surface area contributed by atoms with Gasteiger partial charge < -0.3 is 24.6 Å². The highest BCUT2D eigenvalue weighted by atomic mass is 19.1. The number of pyridine rings is 1. The molecule has 13 heteroatoms. The standard InChI is InChI=1S/C42H44F2N6O5/c1-5-28-31(43)11-8-24-17-27(51)18-29(33(24)28)35-34(44)36-30(19-45-35)37(49-20-25-9-10-26(21-49)50(25)39(52)55-40(2,3)4)47-38(46-36)54-23-41(12-13-41)22-48-16-6-7-32(48)42(53)14-15-42/h1,6-8,11,17-19,25-26,32,51,53H,9-10,12-16,20-23H2,2-4H3/t25?,26?,32-/m1/s1. The topological polar surface area (TPSA) is 124 Å². The fourth-order valence-electron chi connectivity index (χ4n) is 8.80. The van der Waals surface area contributed by atoms with Crippen LogP contribution in [-0.2, 0) is 4.74 Å². The molecule has 11 nitrogen and oxygen atoms in total. The molecule has 2 bridgehead atoms. The van der Waals surface area contributed by atoms with Gasteiger partial charge in [-0.2, -0.15) is 9.97 Å². The number of phenols is 1. The molecule has 4 fully saturated rings. The number of rotatable bonds is 8. The van der Waals surface area contributed by atoms with Crippen LogP contribution in [0.5, 0.6) is 11.8 Å². The van der Waals surface area contributed by atoms with E-state index in [1.807, 2.05) is 30.6 Å². The molecule has 0 radical (unpaired) electrons. The molecular weight excluding hydrogens is 706 g/mol. The van der Waals surface area contributed by atoms with Crippen LogP contribution in [0.3, 0.4) is 0 Å². The van der Waals surface area contributed by atoms with Crippen molar-refractivity contribution < 1.29 is 33.3 Å². The summed E-state index contributed by atoms with van der Waals surface area (Å²) in [4.78, 5) is 33.5. The Morgan fingerprint density at radius 3 is 2.51 bits per heavy atom. The summed E-state index contributed by atoms with van der Waals surface area (Å²) < 4.78 is 44.3. The molecule has 2 saturated carbocycles. The molecule has 286 valence electrons. The highest BCUT2D eigenvalue weighted by molar-refractivity contribution is 6.03. The van der Waals surface area contributed by atoms with Gasteiger partial charge in [-0.05, 0) is 82.9 Å². The number of aliphatic hydroxyl groups is 1. The number of ether oxygens (including phenoxy) is 2. The summed E-state index contributed by atoms with van der Waals surface area (Å²) in [5.41, 5.74) is -1.62. The number of hydrogen-bond donors (Lipinski definition) is 2. The van der Waals surface area contributed by atoms with Crippen LogP contribution in [0.2, 0.25) is 0 Å². The van der Waals surface area contributed by atoms with Crippen LogP contribution in [-0.4, -0.2) is 103 Å². The molecule has 2 unspecified atom stereocenters. The summed E-state index contributed by atoms with van der Waals surface area (Å²) in [5.74, 6) is 1.20. The van der Waals surface area contributed by atoms with E-state index < -0.39 is 22.8 Å². The van der Waals surface area contributed by atoms with Crippen LogP contribution in [0.4, 0.5) is 19.4 Å². The number of nitrogens with zero attached hydrogens (tertiary/aromatic N) is 6. The third-order valence-electron chi connectivity index (χ3n) is 11.8. The second kappa shape index (κ2) is 12.7. The number of halogens is 2. The second-order valence-electron chi connectivity index (χ2n) is 17.0. The SMILES string of the molecule is C#Cc1c(F)ccc2cc(O)cc(-c3ncc4c(N5CC6CCC(C5)N6C(=O)OC(C)(C)C)nc(OCC5(CN6CC=C[C@@H]6C6(O)CC6)CC5)nc4c3F)c12. The summed E-state index contributed by atoms with van der Waals surface area (Å²) in [6.45, 7) is 8.21. The monoisotopic (exact) mass is 750 g/mol. The summed E-state index contributed by atoms with van der Waals surface area (Å²) in [6, 6.07) is 5.15. The smallest absolute Gasteiger partial charge is 0.410 e. The van der Waals surface area contributed by atoms with Gasteiger partial charge in [-0.25, -0.2) is 13.6 Å². The van der Waals surface area contributed by atoms with Gasteiger partial charge in [0, 0.05) is 48.7 Å². The number of aromatic nitrogens is 3. The van der Waals surface area contributed by atoms with E-state index in [-0.39, 0.29) is 69.1 Å². The Balaban J connectivity index is 1.09. The molecule has 3 aliphatic heterocycles. The largest absolute Gasteiger partial charge is 0.508 e. The van der Waals surface area contributed by atoms with E-state index >= 15 is 4.39 Å². The number of benzene rings is 2. The highest BCUT2D eigenvalue weighted by Gasteiger charge is 2.53. The van der Waals surface area contributed by atoms with E-state index in [1.54, 1.807) is 0 Å². The average Bonchev–Trinajstić information content (AvgIpc) is 4.00. The normalized spacial score (nSPS) is 23.7. The fraction of sp³-hybridized carbons (Fsp3) is 0.476. The zero-order chi connectivity index (χ0) is 38.4. The lowest BCUT2D eigenvalue weighted by atomic mass is 9.96. The third-order valence-corrected chi connectivity index (χ3v) is 11.8. The Hall–Kier alpha value is -5.06. The minimum Gasteiger partial charge on any atom is -0.508 e. The van der Waals surface area contributed by atoms with Crippen molar-refractivity contribution in [2.24, 2.45) is 5.41 Å². The molecule has 2 aromatic heterocycles. The van der Waals surface area contributed by atoms with Gasteiger partial charge in [-0.3, -0.25) is 14.8 Å². The van der Waals surface area contributed by atoms with Gasteiger partial charge in [-0.15, -0.1) is 6.42 Å². The molecule has 1 amide bonds. The molecule has 5 heterocycles. The third kappa shape index (κ3) is 6.39. The van der Waals surface area contributed by atoms with Crippen molar-refractivity contribution in [2.45, 2.75) is 88.6 Å². The van der Waals surface area contributed by atoms with Crippen LogP contribution >= 0.6 is 0 Å². The number of anilines is 1. The quantitative estimate of drug-likeness (QED) is 0.156. The van der Waals surface area contributed by atoms with Gasteiger partial charge in [0.25, 0.3) is 0 Å². The molecule has 2 aromatic carbocycles. The molecular formula is C42H44F2N6O5. The van der Waals surface area contributed by atoms with Crippen LogP contribution < -0.4 is 9.64 Å². The van der Waals surface area contributed by atoms with E-state index in [9.17, 15) is 19.4 Å². The van der Waals surface area contributed by atoms with Gasteiger partial charge in [0.1, 0.15) is 34.2 Å². The molecule has 0 spiro atoms. The maximum atomic E-state index is 17.1. The Morgan fingerprint density at radius 1 is 1.09 bits per heavy atom. The van der Waals surface area contributed by atoms with E-state index in [0.29, 0.717) is 36.3 Å². The number of amides is 1. The summed E-state index contributed by atoms with van der Waals surface area (Å²) in [6.07, 6.45) is 16.1. The number of phenolic OH excluding ortho intramolecular Hbond substituents is 1. The van der Waals surface area contributed by atoms with Gasteiger partial charge in [0.05, 0.1) is 41.3 Å². The van der Waals surface area contributed by atoms with Crippen molar-refractivity contribution in [3.05, 3.63) is 59.8 Å². The number of carbonyl (C=O) groups is 1. The molecule has 2 aliphatic carbocycles. The lowest BCUT2D eigenvalue weighted by molar-refractivity contribution is 0.0122. The van der Waals surface area contributed by atoms with E-state index in [0.717, 1.165) is 51.6 Å². The number of fused-ring (bicyclic) bond motifs is 4. The predicted octanol–water partition coefficient (Wildman–Crippen LogP) is 6.32. The van der Waals surface area contributed by atoms with Crippen molar-refractivity contribution in [1.29, 1.82) is 0 Å². The van der Waals surface area contributed by atoms with Crippen molar-refractivity contribution in [2.75, 3.05) is 37.7 Å². The Labute approximate surface area is 318 Å². The first-order chi connectivity index (χ1) is 26.2. The molecule has 2 N–H and O–H groups in total. The number of aromatic hydroxyl groups is 1. The molecule has 3 atom stereocenters. The Kier molecular flexibility index (Phi) is 8.26. The van der Waals surface area contributed by atoms with Crippen LogP contribution in [0.25, 0.3) is 32.9 Å². The summed E-state index contributed by atoms with van der Waals surface area (Å²) in [7, 11) is 0. The number of hydrogen-bond acceptors (Lipinski definition) is 10. The van der Waals surface area contributed by atoms with Gasteiger partial charge in [-0.1, -0.05) is 24.1 Å². The first-order valence-corrected chi connectivity index (χ1v) is 19.1. The molecule has 4 aromatic rings. The van der Waals surface area contributed by atoms with E-state index in [4.69, 9.17) is 20.9 Å². The van der Waals surface area contributed by atoms with Gasteiger partial charge in [0.2, 0.25) is 0 Å². The lowest BCUT2D eigenvalue weighted by Crippen LogP contribution is -2.57. The number of piperazine rings is 1. The molecule has 55 heavy (non-hydrogen) atoms. The highest BCUT2D eigenvalue weighted by Crippen LogP contribution is 2.50. The van der Waals surface area contributed by atoms with Gasteiger partial charge in [0.15, 0.2) is 5.82 Å². The van der Waals surface area contributed by atoms with Crippen molar-refractivity contribution in [1.82, 2.24) is 24.8 Å². The Bertz CT molecular complexity index is 2300. The van der Waals surface area contributed by atoms with Crippen LogP contribution in [0.1, 0.15) is 64.9 Å².